The van der Waals surface area contributed by atoms with E-state index < -0.39 is 27.7 Å². The summed E-state index contributed by atoms with van der Waals surface area (Å²) in [6, 6.07) is 6.08. The number of hydrogen-bond donors (Lipinski definition) is 1. The van der Waals surface area contributed by atoms with Crippen LogP contribution in [0.5, 0.6) is 0 Å². The first-order chi connectivity index (χ1) is 14.6. The van der Waals surface area contributed by atoms with Crippen molar-refractivity contribution in [3.63, 3.8) is 0 Å². The van der Waals surface area contributed by atoms with Gasteiger partial charge in [-0.2, -0.15) is 5.26 Å². The molecule has 0 unspecified atom stereocenters. The Hall–Kier alpha value is -2.21. The molecule has 7 nitrogen and oxygen atoms in total. The Kier molecular flexibility index (Phi) is 7.20. The number of hydrogen-bond acceptors (Lipinski definition) is 5. The van der Waals surface area contributed by atoms with E-state index in [4.69, 9.17) is 44.8 Å². The van der Waals surface area contributed by atoms with Crippen LogP contribution >= 0.6 is 34.8 Å². The quantitative estimate of drug-likeness (QED) is 0.509. The Labute approximate surface area is 194 Å². The molecule has 1 aromatic rings. The van der Waals surface area contributed by atoms with Gasteiger partial charge >= 0.3 is 6.09 Å². The number of rotatable bonds is 4. The molecule has 0 aromatic heterocycles. The van der Waals surface area contributed by atoms with Crippen LogP contribution in [0.3, 0.4) is 0 Å². The zero-order chi connectivity index (χ0) is 22.8. The third kappa shape index (κ3) is 5.35. The molecule has 2 amide bonds. The van der Waals surface area contributed by atoms with Crippen molar-refractivity contribution in [3.8, 4) is 6.07 Å². The fourth-order valence-corrected chi connectivity index (χ4v) is 3.81. The highest BCUT2D eigenvalue weighted by Gasteiger charge is 2.37. The number of anilines is 2. The maximum atomic E-state index is 14.9. The summed E-state index contributed by atoms with van der Waals surface area (Å²) in [6.07, 6.45) is 0.744. The molecule has 2 saturated heterocycles. The molecule has 0 aliphatic carbocycles. The van der Waals surface area contributed by atoms with Gasteiger partial charge in [0.15, 0.2) is 0 Å². The van der Waals surface area contributed by atoms with E-state index in [1.54, 1.807) is 19.1 Å². The highest BCUT2D eigenvalue weighted by molar-refractivity contribution is 6.76. The standard InChI is InChI=1S/C20H20Cl3FN4O3/c1-12(9-25)13-4-6-27(7-5-13)17-3-2-14(8-16(17)24)28-15(11-31-19(28)30)10-26-18(29)20(21,22)23/h2-3,8,15H,4-7,10-11H2,1H3,(H,26,29)/t15-/m0/s1. The first-order valence-electron chi connectivity index (χ1n) is 9.56. The number of halogens is 4. The summed E-state index contributed by atoms with van der Waals surface area (Å²) in [5, 5.41) is 11.5. The van der Waals surface area contributed by atoms with E-state index in [-0.39, 0.29) is 13.2 Å². The molecule has 2 fully saturated rings. The number of allylic oxidation sites excluding steroid dienone is 1. The third-order valence-corrected chi connectivity index (χ3v) is 5.85. The fraction of sp³-hybridized carbons (Fsp3) is 0.450. The van der Waals surface area contributed by atoms with Crippen LogP contribution in [0.25, 0.3) is 0 Å². The molecule has 2 aliphatic heterocycles. The molecular weight excluding hydrogens is 470 g/mol. The van der Waals surface area contributed by atoms with Crippen molar-refractivity contribution >= 4 is 58.2 Å². The first kappa shape index (κ1) is 23.5. The molecule has 166 valence electrons. The summed E-state index contributed by atoms with van der Waals surface area (Å²) in [7, 11) is 0. The lowest BCUT2D eigenvalue weighted by Gasteiger charge is -2.31. The van der Waals surface area contributed by atoms with Gasteiger partial charge in [-0.25, -0.2) is 9.18 Å². The first-order valence-corrected chi connectivity index (χ1v) is 10.7. The number of cyclic esters (lactones) is 1. The number of piperidine rings is 1. The Morgan fingerprint density at radius 1 is 1.35 bits per heavy atom. The number of nitrogens with zero attached hydrogens (tertiary/aromatic N) is 3. The molecule has 11 heteroatoms. The maximum absolute atomic E-state index is 14.9. The molecule has 1 aromatic carbocycles. The topological polar surface area (TPSA) is 85.7 Å². The summed E-state index contributed by atoms with van der Waals surface area (Å²) in [6.45, 7) is 2.97. The Bertz CT molecular complexity index is 948. The molecule has 0 bridgehead atoms. The van der Waals surface area contributed by atoms with E-state index in [0.29, 0.717) is 37.3 Å². The second-order valence-electron chi connectivity index (χ2n) is 7.27. The summed E-state index contributed by atoms with van der Waals surface area (Å²) in [5.74, 6) is -1.31. The van der Waals surface area contributed by atoms with Crippen LogP contribution in [-0.4, -0.2) is 48.1 Å². The summed E-state index contributed by atoms with van der Waals surface area (Å²) in [5.41, 5.74) is 2.53. The number of amides is 2. The maximum Gasteiger partial charge on any atom is 0.414 e. The SMILES string of the molecule is CC(C#N)=C1CCN(c2ccc(N3C(=O)OC[C@@H]3CNC(=O)C(Cl)(Cl)Cl)cc2F)CC1. The number of benzene rings is 1. The lowest BCUT2D eigenvalue weighted by molar-refractivity contribution is -0.120. The van der Waals surface area contributed by atoms with Crippen LogP contribution in [0.1, 0.15) is 19.8 Å². The number of carbonyl (C=O) groups is 2. The molecule has 3 rings (SSSR count). The van der Waals surface area contributed by atoms with Gasteiger partial charge in [0.25, 0.3) is 9.70 Å². The summed E-state index contributed by atoms with van der Waals surface area (Å²) >= 11 is 16.6. The van der Waals surface area contributed by atoms with Crippen LogP contribution < -0.4 is 15.1 Å². The van der Waals surface area contributed by atoms with Crippen molar-refractivity contribution in [1.82, 2.24) is 5.32 Å². The Balaban J connectivity index is 1.72. The van der Waals surface area contributed by atoms with Crippen LogP contribution in [0.4, 0.5) is 20.6 Å². The lowest BCUT2D eigenvalue weighted by atomic mass is 9.99. The van der Waals surface area contributed by atoms with Crippen LogP contribution in [0.15, 0.2) is 29.3 Å². The molecule has 1 atom stereocenters. The lowest BCUT2D eigenvalue weighted by Crippen LogP contribution is -2.45. The third-order valence-electron chi connectivity index (χ3n) is 5.33. The average molecular weight is 490 g/mol. The zero-order valence-electron chi connectivity index (χ0n) is 16.6. The molecule has 31 heavy (non-hydrogen) atoms. The van der Waals surface area contributed by atoms with Crippen molar-refractivity contribution in [1.29, 1.82) is 5.26 Å². The van der Waals surface area contributed by atoms with Gasteiger partial charge in [-0.05, 0) is 38.0 Å². The van der Waals surface area contributed by atoms with Crippen LogP contribution in [0.2, 0.25) is 0 Å². The minimum absolute atomic E-state index is 0.00181. The van der Waals surface area contributed by atoms with Crippen molar-refractivity contribution in [2.75, 3.05) is 36.0 Å². The summed E-state index contributed by atoms with van der Waals surface area (Å²) in [4.78, 5) is 27.1. The van der Waals surface area contributed by atoms with Crippen molar-refractivity contribution in [2.24, 2.45) is 0 Å². The number of carbonyl (C=O) groups excluding carboxylic acids is 2. The normalized spacial score (nSPS) is 19.2. The Morgan fingerprint density at radius 3 is 2.61 bits per heavy atom. The fourth-order valence-electron chi connectivity index (χ4n) is 3.61. The smallest absolute Gasteiger partial charge is 0.414 e. The van der Waals surface area contributed by atoms with E-state index in [1.807, 2.05) is 4.90 Å². The van der Waals surface area contributed by atoms with Gasteiger partial charge in [0, 0.05) is 25.2 Å². The minimum atomic E-state index is -2.13. The van der Waals surface area contributed by atoms with E-state index in [9.17, 15) is 14.0 Å². The number of nitrogens with one attached hydrogen (secondary N) is 1. The molecule has 2 heterocycles. The van der Waals surface area contributed by atoms with Gasteiger partial charge in [-0.3, -0.25) is 9.69 Å². The van der Waals surface area contributed by atoms with E-state index in [0.717, 1.165) is 11.1 Å². The molecule has 1 N–H and O–H groups in total. The van der Waals surface area contributed by atoms with Crippen LogP contribution in [0, 0.1) is 17.1 Å². The second kappa shape index (κ2) is 9.51. The highest BCUT2D eigenvalue weighted by atomic mass is 35.6. The predicted molar refractivity (Wildman–Crippen MR) is 117 cm³/mol. The molecular formula is C20H20Cl3FN4O3. The number of alkyl halides is 3. The number of nitriles is 1. The highest BCUT2D eigenvalue weighted by Crippen LogP contribution is 2.32. The van der Waals surface area contributed by atoms with Crippen molar-refractivity contribution in [2.45, 2.75) is 29.6 Å². The van der Waals surface area contributed by atoms with Crippen molar-refractivity contribution in [3.05, 3.63) is 35.2 Å². The Morgan fingerprint density at radius 2 is 2.03 bits per heavy atom. The minimum Gasteiger partial charge on any atom is -0.447 e. The van der Waals surface area contributed by atoms with E-state index in [1.165, 1.54) is 11.0 Å². The average Bonchev–Trinajstić information content (AvgIpc) is 3.11. The van der Waals surface area contributed by atoms with Crippen LogP contribution in [-0.2, 0) is 9.53 Å². The van der Waals surface area contributed by atoms with Gasteiger partial charge in [0.1, 0.15) is 12.4 Å². The zero-order valence-corrected chi connectivity index (χ0v) is 18.9. The van der Waals surface area contributed by atoms with Gasteiger partial charge in [-0.15, -0.1) is 0 Å². The molecule has 0 radical (unpaired) electrons. The van der Waals surface area contributed by atoms with Gasteiger partial charge in [-0.1, -0.05) is 40.4 Å². The van der Waals surface area contributed by atoms with Gasteiger partial charge in [0.2, 0.25) is 0 Å². The predicted octanol–water partition coefficient (Wildman–Crippen LogP) is 4.08. The van der Waals surface area contributed by atoms with E-state index in [2.05, 4.69) is 11.4 Å². The molecule has 0 saturated carbocycles. The van der Waals surface area contributed by atoms with Gasteiger partial charge < -0.3 is 15.0 Å². The second-order valence-corrected chi connectivity index (χ2v) is 9.55. The van der Waals surface area contributed by atoms with Crippen molar-refractivity contribution < 1.29 is 18.7 Å². The number of ether oxygens (including phenoxy) is 1. The van der Waals surface area contributed by atoms with Gasteiger partial charge in [0.05, 0.1) is 23.5 Å². The molecule has 0 spiro atoms. The van der Waals surface area contributed by atoms with E-state index >= 15 is 0 Å². The largest absolute Gasteiger partial charge is 0.447 e. The monoisotopic (exact) mass is 488 g/mol. The summed E-state index contributed by atoms with van der Waals surface area (Å²) < 4.78 is 17.9. The molecule has 2 aliphatic rings.